The van der Waals surface area contributed by atoms with Gasteiger partial charge < -0.3 is 5.32 Å². The first kappa shape index (κ1) is 13.1. The Morgan fingerprint density at radius 1 is 1.40 bits per heavy atom. The topological polar surface area (TPSA) is 55.2 Å². The van der Waals surface area contributed by atoms with Crippen LogP contribution in [0.5, 0.6) is 0 Å². The molecule has 1 fully saturated rings. The van der Waals surface area contributed by atoms with E-state index in [9.17, 15) is 14.5 Å². The fraction of sp³-hybridized carbons (Fsp3) is 0.467. The fourth-order valence-electron chi connectivity index (χ4n) is 3.49. The Labute approximate surface area is 116 Å². The van der Waals surface area contributed by atoms with Crippen molar-refractivity contribution in [2.75, 3.05) is 5.32 Å². The summed E-state index contributed by atoms with van der Waals surface area (Å²) < 4.78 is 13.8. The average Bonchev–Trinajstić information content (AvgIpc) is 3.03. The Hall–Kier alpha value is -1.91. The molecular formula is C15H17FN2O2. The van der Waals surface area contributed by atoms with Gasteiger partial charge in [-0.05, 0) is 43.6 Å². The molecule has 0 aromatic heterocycles. The first-order valence-corrected chi connectivity index (χ1v) is 6.93. The van der Waals surface area contributed by atoms with Gasteiger partial charge in [-0.3, -0.25) is 10.1 Å². The number of non-ortho nitro benzene ring substituents is 1. The minimum absolute atomic E-state index is 0.0889. The van der Waals surface area contributed by atoms with E-state index in [-0.39, 0.29) is 17.4 Å². The minimum Gasteiger partial charge on any atom is -0.380 e. The monoisotopic (exact) mass is 276 g/mol. The van der Waals surface area contributed by atoms with Crippen molar-refractivity contribution in [1.29, 1.82) is 0 Å². The highest BCUT2D eigenvalue weighted by molar-refractivity contribution is 5.53. The Morgan fingerprint density at radius 2 is 2.20 bits per heavy atom. The van der Waals surface area contributed by atoms with Crippen molar-refractivity contribution in [2.24, 2.45) is 17.8 Å². The normalized spacial score (nSPS) is 28.6. The van der Waals surface area contributed by atoms with Crippen molar-refractivity contribution in [1.82, 2.24) is 0 Å². The number of hydrogen-bond acceptors (Lipinski definition) is 3. The quantitative estimate of drug-likeness (QED) is 0.517. The summed E-state index contributed by atoms with van der Waals surface area (Å²) in [6, 6.07) is 3.71. The molecule has 2 bridgehead atoms. The van der Waals surface area contributed by atoms with E-state index in [4.69, 9.17) is 0 Å². The van der Waals surface area contributed by atoms with E-state index in [1.807, 2.05) is 6.92 Å². The standard InChI is InChI=1S/C15H17FN2O2/c1-9(13-7-10-2-3-11(13)6-10)17-15-8-12(18(19)20)4-5-14(15)16/h2-5,8-11,13,17H,6-7H2,1H3. The van der Waals surface area contributed by atoms with Crippen molar-refractivity contribution in [3.8, 4) is 0 Å². The lowest BCUT2D eigenvalue weighted by molar-refractivity contribution is -0.384. The molecule has 0 aliphatic heterocycles. The molecule has 2 aliphatic carbocycles. The summed E-state index contributed by atoms with van der Waals surface area (Å²) in [5, 5.41) is 13.9. The molecule has 106 valence electrons. The Balaban J connectivity index is 1.75. The van der Waals surface area contributed by atoms with Crippen LogP contribution in [0.1, 0.15) is 19.8 Å². The number of halogens is 1. The van der Waals surface area contributed by atoms with Gasteiger partial charge in [-0.2, -0.15) is 0 Å². The number of hydrogen-bond donors (Lipinski definition) is 1. The maximum atomic E-state index is 13.8. The molecule has 4 nitrogen and oxygen atoms in total. The molecule has 5 heteroatoms. The molecule has 0 saturated heterocycles. The van der Waals surface area contributed by atoms with Crippen molar-refractivity contribution in [3.63, 3.8) is 0 Å². The number of anilines is 1. The Morgan fingerprint density at radius 3 is 2.80 bits per heavy atom. The average molecular weight is 276 g/mol. The third-order valence-corrected chi connectivity index (χ3v) is 4.52. The summed E-state index contributed by atoms with van der Waals surface area (Å²) in [6.07, 6.45) is 6.82. The number of nitrogens with zero attached hydrogens (tertiary/aromatic N) is 1. The molecule has 0 heterocycles. The molecule has 3 rings (SSSR count). The molecule has 4 atom stereocenters. The molecule has 4 unspecified atom stereocenters. The highest BCUT2D eigenvalue weighted by atomic mass is 19.1. The van der Waals surface area contributed by atoms with Gasteiger partial charge in [0.1, 0.15) is 5.82 Å². The third kappa shape index (κ3) is 2.28. The maximum absolute atomic E-state index is 13.8. The van der Waals surface area contributed by atoms with Crippen molar-refractivity contribution >= 4 is 11.4 Å². The molecule has 0 spiro atoms. The molecule has 0 radical (unpaired) electrons. The van der Waals surface area contributed by atoms with Crippen LogP contribution < -0.4 is 5.32 Å². The zero-order valence-electron chi connectivity index (χ0n) is 11.3. The van der Waals surface area contributed by atoms with E-state index < -0.39 is 10.7 Å². The van der Waals surface area contributed by atoms with Crippen LogP contribution in [0.4, 0.5) is 15.8 Å². The number of fused-ring (bicyclic) bond motifs is 2. The molecule has 1 saturated carbocycles. The number of nitrogens with one attached hydrogen (secondary N) is 1. The van der Waals surface area contributed by atoms with Crippen molar-refractivity contribution < 1.29 is 9.31 Å². The van der Waals surface area contributed by atoms with E-state index in [0.29, 0.717) is 17.8 Å². The van der Waals surface area contributed by atoms with Crippen LogP contribution in [0.2, 0.25) is 0 Å². The number of allylic oxidation sites excluding steroid dienone is 2. The summed E-state index contributed by atoms with van der Waals surface area (Å²) in [4.78, 5) is 10.3. The lowest BCUT2D eigenvalue weighted by Gasteiger charge is -2.27. The molecule has 1 aromatic rings. The summed E-state index contributed by atoms with van der Waals surface area (Å²) in [5.41, 5.74) is 0.132. The Kier molecular flexibility index (Phi) is 3.20. The summed E-state index contributed by atoms with van der Waals surface area (Å²) in [5.74, 6) is 1.25. The van der Waals surface area contributed by atoms with E-state index in [1.165, 1.54) is 18.6 Å². The second kappa shape index (κ2) is 4.89. The SMILES string of the molecule is CC(Nc1cc([N+](=O)[O-])ccc1F)C1CC2C=CC1C2. The van der Waals surface area contributed by atoms with E-state index in [2.05, 4.69) is 17.5 Å². The highest BCUT2D eigenvalue weighted by Crippen LogP contribution is 2.45. The largest absolute Gasteiger partial charge is 0.380 e. The van der Waals surface area contributed by atoms with Crippen LogP contribution in [-0.2, 0) is 0 Å². The zero-order chi connectivity index (χ0) is 14.3. The van der Waals surface area contributed by atoms with Gasteiger partial charge >= 0.3 is 0 Å². The lowest BCUT2D eigenvalue weighted by Crippen LogP contribution is -2.29. The van der Waals surface area contributed by atoms with Gasteiger partial charge in [0, 0.05) is 18.2 Å². The second-order valence-corrected chi connectivity index (χ2v) is 5.80. The highest BCUT2D eigenvalue weighted by Gasteiger charge is 2.38. The van der Waals surface area contributed by atoms with Crippen LogP contribution >= 0.6 is 0 Å². The second-order valence-electron chi connectivity index (χ2n) is 5.80. The first-order chi connectivity index (χ1) is 9.54. The predicted octanol–water partition coefficient (Wildman–Crippen LogP) is 3.75. The van der Waals surface area contributed by atoms with Crippen LogP contribution in [0, 0.1) is 33.7 Å². The van der Waals surface area contributed by atoms with Crippen LogP contribution in [0.25, 0.3) is 0 Å². The molecule has 20 heavy (non-hydrogen) atoms. The summed E-state index contributed by atoms with van der Waals surface area (Å²) in [7, 11) is 0. The summed E-state index contributed by atoms with van der Waals surface area (Å²) >= 11 is 0. The molecule has 0 amide bonds. The smallest absolute Gasteiger partial charge is 0.271 e. The predicted molar refractivity (Wildman–Crippen MR) is 75.0 cm³/mol. The van der Waals surface area contributed by atoms with Gasteiger partial charge in [-0.1, -0.05) is 12.2 Å². The van der Waals surface area contributed by atoms with Crippen LogP contribution in [-0.4, -0.2) is 11.0 Å². The number of rotatable bonds is 4. The zero-order valence-corrected chi connectivity index (χ0v) is 11.3. The Bertz CT molecular complexity index is 573. The van der Waals surface area contributed by atoms with E-state index >= 15 is 0 Å². The fourth-order valence-corrected chi connectivity index (χ4v) is 3.49. The number of nitro groups is 1. The van der Waals surface area contributed by atoms with E-state index in [0.717, 1.165) is 12.5 Å². The van der Waals surface area contributed by atoms with Gasteiger partial charge in [-0.25, -0.2) is 4.39 Å². The molecule has 1 aromatic carbocycles. The number of benzene rings is 1. The van der Waals surface area contributed by atoms with Crippen molar-refractivity contribution in [3.05, 3.63) is 46.3 Å². The first-order valence-electron chi connectivity index (χ1n) is 6.93. The summed E-state index contributed by atoms with van der Waals surface area (Å²) in [6.45, 7) is 2.03. The van der Waals surface area contributed by atoms with Crippen LogP contribution in [0.15, 0.2) is 30.4 Å². The van der Waals surface area contributed by atoms with Gasteiger partial charge in [0.05, 0.1) is 10.6 Å². The van der Waals surface area contributed by atoms with Gasteiger partial charge in [0.15, 0.2) is 0 Å². The molecule has 1 N–H and O–H groups in total. The van der Waals surface area contributed by atoms with E-state index in [1.54, 1.807) is 0 Å². The minimum atomic E-state index is -0.504. The third-order valence-electron chi connectivity index (χ3n) is 4.52. The van der Waals surface area contributed by atoms with Gasteiger partial charge in [0.2, 0.25) is 0 Å². The molecular weight excluding hydrogens is 259 g/mol. The molecule has 2 aliphatic rings. The maximum Gasteiger partial charge on any atom is 0.271 e. The lowest BCUT2D eigenvalue weighted by atomic mass is 9.87. The van der Waals surface area contributed by atoms with Gasteiger partial charge in [-0.15, -0.1) is 0 Å². The van der Waals surface area contributed by atoms with Crippen LogP contribution in [0.3, 0.4) is 0 Å². The number of nitro benzene ring substituents is 1. The van der Waals surface area contributed by atoms with Crippen molar-refractivity contribution in [2.45, 2.75) is 25.8 Å². The van der Waals surface area contributed by atoms with Gasteiger partial charge in [0.25, 0.3) is 5.69 Å².